The topological polar surface area (TPSA) is 78.3 Å². The maximum Gasteiger partial charge on any atom is 0.220 e. The molecule has 0 bridgehead atoms. The van der Waals surface area contributed by atoms with Crippen molar-refractivity contribution in [3.63, 3.8) is 0 Å². The Bertz CT molecular complexity index is 335. The van der Waals surface area contributed by atoms with Gasteiger partial charge in [0.1, 0.15) is 5.75 Å². The van der Waals surface area contributed by atoms with Crippen LogP contribution in [0.4, 0.5) is 0 Å². The quantitative estimate of drug-likeness (QED) is 0.762. The van der Waals surface area contributed by atoms with Gasteiger partial charge in [-0.15, -0.1) is 0 Å². The number of ether oxygens (including phenoxy) is 1. The first-order valence-corrected chi connectivity index (χ1v) is 5.40. The summed E-state index contributed by atoms with van der Waals surface area (Å²) in [5.74, 6) is 0.373. The van der Waals surface area contributed by atoms with Crippen LogP contribution in [0.2, 0.25) is 0 Å². The molecule has 4 nitrogen and oxygen atoms in total. The fraction of sp³-hybridized carbons (Fsp3) is 0.417. The van der Waals surface area contributed by atoms with Crippen LogP contribution >= 0.6 is 0 Å². The molecule has 0 aliphatic heterocycles. The minimum absolute atomic E-state index is 0.0691. The molecule has 0 saturated heterocycles. The van der Waals surface area contributed by atoms with Crippen molar-refractivity contribution in [3.8, 4) is 5.75 Å². The average molecular weight is 222 g/mol. The number of benzene rings is 1. The summed E-state index contributed by atoms with van der Waals surface area (Å²) in [6.07, 6.45) is 1.14. The third-order valence-corrected chi connectivity index (χ3v) is 2.37. The van der Waals surface area contributed by atoms with Gasteiger partial charge < -0.3 is 16.2 Å². The molecule has 16 heavy (non-hydrogen) atoms. The van der Waals surface area contributed by atoms with Gasteiger partial charge in [-0.3, -0.25) is 4.79 Å². The molecule has 1 aromatic rings. The summed E-state index contributed by atoms with van der Waals surface area (Å²) in [5.41, 5.74) is 12.0. The molecule has 0 aromatic heterocycles. The zero-order chi connectivity index (χ0) is 12.0. The van der Waals surface area contributed by atoms with E-state index in [1.54, 1.807) is 0 Å². The first-order valence-electron chi connectivity index (χ1n) is 5.40. The number of nitrogens with two attached hydrogens (primary N) is 2. The Morgan fingerprint density at radius 3 is 2.50 bits per heavy atom. The van der Waals surface area contributed by atoms with Crippen LogP contribution in [0.5, 0.6) is 5.75 Å². The van der Waals surface area contributed by atoms with E-state index in [-0.39, 0.29) is 18.4 Å². The van der Waals surface area contributed by atoms with E-state index in [2.05, 4.69) is 0 Å². The van der Waals surface area contributed by atoms with Crippen molar-refractivity contribution >= 4 is 5.91 Å². The number of amides is 1. The van der Waals surface area contributed by atoms with Gasteiger partial charge in [-0.1, -0.05) is 19.1 Å². The highest BCUT2D eigenvalue weighted by molar-refractivity contribution is 5.73. The number of hydrogen-bond donors (Lipinski definition) is 2. The van der Waals surface area contributed by atoms with E-state index in [1.165, 1.54) is 0 Å². The van der Waals surface area contributed by atoms with Gasteiger partial charge in [-0.05, 0) is 24.1 Å². The molecule has 1 atom stereocenters. The number of carbonyl (C=O) groups is 1. The molecular weight excluding hydrogens is 204 g/mol. The van der Waals surface area contributed by atoms with Crippen molar-refractivity contribution in [2.24, 2.45) is 11.5 Å². The molecule has 88 valence electrons. The molecule has 0 spiro atoms. The van der Waals surface area contributed by atoms with E-state index in [9.17, 15) is 4.79 Å². The molecule has 0 aliphatic carbocycles. The van der Waals surface area contributed by atoms with Crippen molar-refractivity contribution in [3.05, 3.63) is 29.8 Å². The van der Waals surface area contributed by atoms with Crippen LogP contribution in [0, 0.1) is 0 Å². The molecule has 1 unspecified atom stereocenters. The second kappa shape index (κ2) is 6.12. The van der Waals surface area contributed by atoms with Crippen LogP contribution in [0.15, 0.2) is 24.3 Å². The third-order valence-electron chi connectivity index (χ3n) is 2.37. The van der Waals surface area contributed by atoms with E-state index in [4.69, 9.17) is 16.2 Å². The van der Waals surface area contributed by atoms with Gasteiger partial charge in [0, 0.05) is 6.04 Å². The first kappa shape index (κ1) is 12.5. The lowest BCUT2D eigenvalue weighted by Crippen LogP contribution is -2.14. The van der Waals surface area contributed by atoms with E-state index in [1.807, 2.05) is 31.2 Å². The van der Waals surface area contributed by atoms with Crippen LogP contribution in [0.25, 0.3) is 0 Å². The highest BCUT2D eigenvalue weighted by Crippen LogP contribution is 2.18. The van der Waals surface area contributed by atoms with Crippen molar-refractivity contribution in [1.29, 1.82) is 0 Å². The van der Waals surface area contributed by atoms with Gasteiger partial charge in [-0.2, -0.15) is 0 Å². The third kappa shape index (κ3) is 3.90. The molecular formula is C12H18N2O2. The molecule has 1 rings (SSSR count). The maximum atomic E-state index is 10.5. The van der Waals surface area contributed by atoms with Crippen molar-refractivity contribution in [2.45, 2.75) is 25.8 Å². The number of primary amides is 1. The SMILES string of the molecule is CCC(N)c1ccc(OCCC(N)=O)cc1. The Hall–Kier alpha value is -1.55. The lowest BCUT2D eigenvalue weighted by molar-refractivity contribution is -0.118. The van der Waals surface area contributed by atoms with Crippen LogP contribution in [-0.2, 0) is 4.79 Å². The monoisotopic (exact) mass is 222 g/mol. The Labute approximate surface area is 95.6 Å². The second-order valence-electron chi connectivity index (χ2n) is 3.65. The highest BCUT2D eigenvalue weighted by atomic mass is 16.5. The lowest BCUT2D eigenvalue weighted by atomic mass is 10.1. The van der Waals surface area contributed by atoms with E-state index in [0.29, 0.717) is 6.61 Å². The number of rotatable bonds is 6. The molecule has 1 amide bonds. The molecule has 0 fully saturated rings. The predicted molar refractivity (Wildman–Crippen MR) is 63.0 cm³/mol. The molecule has 0 saturated carbocycles. The maximum absolute atomic E-state index is 10.5. The van der Waals surface area contributed by atoms with Crippen LogP contribution in [-0.4, -0.2) is 12.5 Å². The molecule has 0 radical (unpaired) electrons. The zero-order valence-corrected chi connectivity index (χ0v) is 9.48. The largest absolute Gasteiger partial charge is 0.493 e. The summed E-state index contributed by atoms with van der Waals surface area (Å²) in [6, 6.07) is 7.65. The Kier molecular flexibility index (Phi) is 4.79. The van der Waals surface area contributed by atoms with E-state index < -0.39 is 0 Å². The Morgan fingerprint density at radius 2 is 2.00 bits per heavy atom. The summed E-state index contributed by atoms with van der Waals surface area (Å²) in [7, 11) is 0. The van der Waals surface area contributed by atoms with Crippen LogP contribution in [0.1, 0.15) is 31.4 Å². The summed E-state index contributed by atoms with van der Waals surface area (Å²) < 4.78 is 5.34. The molecule has 1 aromatic carbocycles. The van der Waals surface area contributed by atoms with E-state index >= 15 is 0 Å². The van der Waals surface area contributed by atoms with Crippen molar-refractivity contribution < 1.29 is 9.53 Å². The minimum atomic E-state index is -0.357. The fourth-order valence-electron chi connectivity index (χ4n) is 1.32. The van der Waals surface area contributed by atoms with Gasteiger partial charge in [0.25, 0.3) is 0 Å². The van der Waals surface area contributed by atoms with Gasteiger partial charge in [-0.25, -0.2) is 0 Å². The fourth-order valence-corrected chi connectivity index (χ4v) is 1.32. The van der Waals surface area contributed by atoms with E-state index in [0.717, 1.165) is 17.7 Å². The summed E-state index contributed by atoms with van der Waals surface area (Å²) in [5, 5.41) is 0. The molecule has 0 heterocycles. The highest BCUT2D eigenvalue weighted by Gasteiger charge is 2.03. The summed E-state index contributed by atoms with van der Waals surface area (Å²) in [4.78, 5) is 10.5. The van der Waals surface area contributed by atoms with Gasteiger partial charge >= 0.3 is 0 Å². The standard InChI is InChI=1S/C12H18N2O2/c1-2-11(13)9-3-5-10(6-4-9)16-8-7-12(14)15/h3-6,11H,2,7-8,13H2,1H3,(H2,14,15). The number of carbonyl (C=O) groups excluding carboxylic acids is 1. The van der Waals surface area contributed by atoms with Gasteiger partial charge in [0.05, 0.1) is 13.0 Å². The summed E-state index contributed by atoms with van der Waals surface area (Å²) >= 11 is 0. The van der Waals surface area contributed by atoms with Crippen LogP contribution < -0.4 is 16.2 Å². The first-order chi connectivity index (χ1) is 7.63. The average Bonchev–Trinajstić information content (AvgIpc) is 2.28. The smallest absolute Gasteiger partial charge is 0.220 e. The molecule has 0 aliphatic rings. The van der Waals surface area contributed by atoms with Crippen LogP contribution in [0.3, 0.4) is 0 Å². The van der Waals surface area contributed by atoms with Crippen molar-refractivity contribution in [1.82, 2.24) is 0 Å². The molecule has 4 heteroatoms. The lowest BCUT2D eigenvalue weighted by Gasteiger charge is -2.10. The van der Waals surface area contributed by atoms with Gasteiger partial charge in [0.15, 0.2) is 0 Å². The molecule has 4 N–H and O–H groups in total. The van der Waals surface area contributed by atoms with Crippen molar-refractivity contribution in [2.75, 3.05) is 6.61 Å². The normalized spacial score (nSPS) is 12.1. The minimum Gasteiger partial charge on any atom is -0.493 e. The summed E-state index contributed by atoms with van der Waals surface area (Å²) in [6.45, 7) is 2.36. The Morgan fingerprint density at radius 1 is 1.38 bits per heavy atom. The Balaban J connectivity index is 2.48. The second-order valence-corrected chi connectivity index (χ2v) is 3.65. The zero-order valence-electron chi connectivity index (χ0n) is 9.48. The predicted octanol–water partition coefficient (Wildman–Crippen LogP) is 1.35. The van der Waals surface area contributed by atoms with Gasteiger partial charge in [0.2, 0.25) is 5.91 Å². The number of hydrogen-bond acceptors (Lipinski definition) is 3.